The van der Waals surface area contributed by atoms with E-state index in [0.717, 1.165) is 13.1 Å². The van der Waals surface area contributed by atoms with Crippen molar-refractivity contribution in [3.05, 3.63) is 54.5 Å². The Morgan fingerprint density at radius 3 is 2.32 bits per heavy atom. The molecule has 0 unspecified atom stereocenters. The van der Waals surface area contributed by atoms with Crippen LogP contribution in [0.1, 0.15) is 59.3 Å². The quantitative estimate of drug-likeness (QED) is 0.136. The Balaban J connectivity index is 1.51. The van der Waals surface area contributed by atoms with Crippen molar-refractivity contribution in [3.8, 4) is 11.8 Å². The van der Waals surface area contributed by atoms with Crippen LogP contribution >= 0.6 is 7.75 Å². The molecular weight excluding hydrogens is 709 g/mol. The van der Waals surface area contributed by atoms with Crippen molar-refractivity contribution >= 4 is 37.0 Å². The predicted octanol–water partition coefficient (Wildman–Crippen LogP) is 3.60. The van der Waals surface area contributed by atoms with E-state index in [4.69, 9.17) is 33.7 Å². The van der Waals surface area contributed by atoms with Gasteiger partial charge in [-0.1, -0.05) is 45.9 Å². The molecule has 0 radical (unpaired) electrons. The van der Waals surface area contributed by atoms with Crippen LogP contribution < -0.4 is 15.3 Å². The summed E-state index contributed by atoms with van der Waals surface area (Å²) in [7, 11) is -2.59. The topological polar surface area (TPSA) is 219 Å². The lowest BCUT2D eigenvalue weighted by atomic mass is 9.95. The maximum absolute atomic E-state index is 14.6. The molecule has 2 aliphatic heterocycles. The molecule has 1 aromatic carbocycles. The van der Waals surface area contributed by atoms with Crippen LogP contribution in [0, 0.1) is 23.2 Å². The van der Waals surface area contributed by atoms with Gasteiger partial charge in [0.25, 0.3) is 0 Å². The van der Waals surface area contributed by atoms with Crippen molar-refractivity contribution in [3.63, 3.8) is 0 Å². The molecule has 286 valence electrons. The first-order valence-corrected chi connectivity index (χ1v) is 18.9. The summed E-state index contributed by atoms with van der Waals surface area (Å²) in [6.07, 6.45) is -2.14. The predicted molar refractivity (Wildman–Crippen MR) is 189 cm³/mol. The number of hydrogen-bond acceptors (Lipinski definition) is 15. The van der Waals surface area contributed by atoms with Gasteiger partial charge in [-0.2, -0.15) is 15.4 Å². The van der Waals surface area contributed by atoms with Gasteiger partial charge in [0.1, 0.15) is 48.5 Å². The standard InChI is InChI=1S/C35H46N7O10P/c1-21(2)32(43)49-29-28(26-12-13-27-31(37)38-20-39-42(26)27)51-35(18-36,30(29)50-33(44)22(3)4)19-47-53(46,52-25-10-8-7-9-11-25)40-23(5)34(45)48-24-14-16-41(6)17-15-24/h7-13,20-24,28-30H,14-17,19H2,1-6H3,(H,40,46)(H2,37,38,39)/t23-,28-,29-,30-,35+,53+/m0/s1. The minimum atomic E-state index is -4.57. The maximum atomic E-state index is 14.6. The number of nitrogens with zero attached hydrogens (tertiary/aromatic N) is 5. The number of para-hydroxylation sites is 1. The highest BCUT2D eigenvalue weighted by atomic mass is 31.2. The molecule has 2 fully saturated rings. The summed E-state index contributed by atoms with van der Waals surface area (Å²) in [5, 5.41) is 17.8. The van der Waals surface area contributed by atoms with Crippen LogP contribution in [0.3, 0.4) is 0 Å². The number of aromatic nitrogens is 3. The second kappa shape index (κ2) is 16.6. The van der Waals surface area contributed by atoms with Gasteiger partial charge < -0.3 is 34.1 Å². The van der Waals surface area contributed by atoms with E-state index in [1.165, 1.54) is 29.9 Å². The normalized spacial score (nSPS) is 24.0. The number of anilines is 1. The van der Waals surface area contributed by atoms with Crippen LogP contribution in [0.4, 0.5) is 5.82 Å². The second-order valence-corrected chi connectivity index (χ2v) is 15.5. The molecular formula is C35H46N7O10P. The molecule has 2 aromatic heterocycles. The third kappa shape index (κ3) is 9.14. The second-order valence-electron chi connectivity index (χ2n) is 13.8. The van der Waals surface area contributed by atoms with E-state index < -0.39 is 74.1 Å². The van der Waals surface area contributed by atoms with Crippen LogP contribution in [0.25, 0.3) is 5.52 Å². The number of carbonyl (C=O) groups excluding carboxylic acids is 3. The number of rotatable bonds is 14. The molecule has 0 amide bonds. The first-order valence-electron chi connectivity index (χ1n) is 17.4. The number of piperidine rings is 1. The number of hydrogen-bond donors (Lipinski definition) is 2. The number of nitrogens with two attached hydrogens (primary N) is 1. The molecule has 18 heteroatoms. The van der Waals surface area contributed by atoms with Crippen molar-refractivity contribution < 1.29 is 46.9 Å². The smallest absolute Gasteiger partial charge is 0.459 e. The lowest BCUT2D eigenvalue weighted by Gasteiger charge is -2.31. The number of nitrogen functional groups attached to an aromatic ring is 1. The van der Waals surface area contributed by atoms with Gasteiger partial charge in [0, 0.05) is 13.1 Å². The monoisotopic (exact) mass is 755 g/mol. The van der Waals surface area contributed by atoms with E-state index in [2.05, 4.69) is 20.1 Å². The third-order valence-electron chi connectivity index (χ3n) is 8.90. The molecule has 3 N–H and O–H groups in total. The van der Waals surface area contributed by atoms with Gasteiger partial charge in [0.2, 0.25) is 5.60 Å². The Morgan fingerprint density at radius 2 is 1.68 bits per heavy atom. The van der Waals surface area contributed by atoms with Gasteiger partial charge >= 0.3 is 25.7 Å². The molecule has 0 saturated carbocycles. The molecule has 53 heavy (non-hydrogen) atoms. The van der Waals surface area contributed by atoms with E-state index >= 15 is 0 Å². The Morgan fingerprint density at radius 1 is 1.02 bits per heavy atom. The highest BCUT2D eigenvalue weighted by Gasteiger charge is 2.62. The molecule has 0 aliphatic carbocycles. The average Bonchev–Trinajstić information content (AvgIpc) is 3.68. The van der Waals surface area contributed by atoms with E-state index in [1.807, 2.05) is 13.1 Å². The third-order valence-corrected chi connectivity index (χ3v) is 10.5. The summed E-state index contributed by atoms with van der Waals surface area (Å²) in [5.74, 6) is -3.10. The lowest BCUT2D eigenvalue weighted by molar-refractivity contribution is -0.173. The van der Waals surface area contributed by atoms with Crippen molar-refractivity contribution in [1.82, 2.24) is 24.6 Å². The number of esters is 3. The molecule has 6 atom stereocenters. The number of benzene rings is 1. The van der Waals surface area contributed by atoms with Gasteiger partial charge in [0.15, 0.2) is 18.0 Å². The van der Waals surface area contributed by atoms with Crippen molar-refractivity contribution in [2.24, 2.45) is 11.8 Å². The zero-order valence-corrected chi connectivity index (χ0v) is 31.4. The minimum Gasteiger partial charge on any atom is -0.461 e. The number of carbonyl (C=O) groups is 3. The fourth-order valence-corrected chi connectivity index (χ4v) is 7.33. The van der Waals surface area contributed by atoms with Gasteiger partial charge in [-0.3, -0.25) is 18.9 Å². The van der Waals surface area contributed by atoms with Gasteiger partial charge in [0.05, 0.1) is 17.5 Å². The molecule has 0 bridgehead atoms. The van der Waals surface area contributed by atoms with E-state index in [0.29, 0.717) is 18.4 Å². The highest BCUT2D eigenvalue weighted by Crippen LogP contribution is 2.50. The Labute approximate surface area is 307 Å². The van der Waals surface area contributed by atoms with Gasteiger partial charge in [-0.05, 0) is 51.1 Å². The Bertz CT molecular complexity index is 1860. The van der Waals surface area contributed by atoms with Crippen LogP contribution in [0.2, 0.25) is 0 Å². The van der Waals surface area contributed by atoms with Crippen LogP contribution in [0.5, 0.6) is 5.75 Å². The first-order chi connectivity index (χ1) is 25.1. The minimum absolute atomic E-state index is 0.124. The van der Waals surface area contributed by atoms with Crippen LogP contribution in [-0.4, -0.2) is 94.1 Å². The Kier molecular flexibility index (Phi) is 12.4. The largest absolute Gasteiger partial charge is 0.461 e. The van der Waals surface area contributed by atoms with Crippen LogP contribution in [0.15, 0.2) is 48.8 Å². The summed E-state index contributed by atoms with van der Waals surface area (Å²) in [6.45, 7) is 8.53. The van der Waals surface area contributed by atoms with Crippen molar-refractivity contribution in [2.75, 3.05) is 32.5 Å². The average molecular weight is 756 g/mol. The number of nitriles is 1. The molecule has 0 spiro atoms. The van der Waals surface area contributed by atoms with Gasteiger partial charge in [-0.15, -0.1) is 0 Å². The summed E-state index contributed by atoms with van der Waals surface area (Å²) in [5.41, 5.74) is 4.50. The van der Waals surface area contributed by atoms with Crippen molar-refractivity contribution in [2.45, 2.75) is 83.5 Å². The summed E-state index contributed by atoms with van der Waals surface area (Å²) >= 11 is 0. The zero-order valence-electron chi connectivity index (χ0n) is 30.5. The molecule has 5 rings (SSSR count). The molecule has 2 aliphatic rings. The zero-order chi connectivity index (χ0) is 38.5. The Hall–Kier alpha value is -4.59. The van der Waals surface area contributed by atoms with E-state index in [9.17, 15) is 24.2 Å². The lowest BCUT2D eigenvalue weighted by Crippen LogP contribution is -2.50. The van der Waals surface area contributed by atoms with Crippen LogP contribution in [-0.2, 0) is 42.4 Å². The molecule has 2 saturated heterocycles. The number of ether oxygens (including phenoxy) is 4. The fraction of sp³-hybridized carbons (Fsp3) is 0.543. The number of likely N-dealkylation sites (tertiary alicyclic amines) is 1. The highest BCUT2D eigenvalue weighted by molar-refractivity contribution is 7.52. The van der Waals surface area contributed by atoms with E-state index in [1.54, 1.807) is 58.0 Å². The summed E-state index contributed by atoms with van der Waals surface area (Å²) < 4.78 is 51.7. The molecule has 3 aromatic rings. The first kappa shape index (κ1) is 39.6. The molecule has 17 nitrogen and oxygen atoms in total. The fourth-order valence-electron chi connectivity index (χ4n) is 5.81. The summed E-state index contributed by atoms with van der Waals surface area (Å²) in [4.78, 5) is 45.7. The molecule has 4 heterocycles. The SMILES string of the molecule is CC(C)C(=O)O[C@H]1[C@H](c2ccc3c(N)ncnn23)O[C@](C#N)(CO[P@](=O)(N[C@@H](C)C(=O)OC2CCN(C)CC2)Oc2ccccc2)[C@H]1OC(=O)C(C)C. The van der Waals surface area contributed by atoms with Gasteiger partial charge in [-0.25, -0.2) is 14.1 Å². The number of nitrogens with one attached hydrogen (secondary N) is 1. The summed E-state index contributed by atoms with van der Waals surface area (Å²) in [6, 6.07) is 12.1. The maximum Gasteiger partial charge on any atom is 0.459 e. The number of fused-ring (bicyclic) bond motifs is 1. The van der Waals surface area contributed by atoms with E-state index in [-0.39, 0.29) is 23.4 Å². The van der Waals surface area contributed by atoms with Crippen molar-refractivity contribution in [1.29, 1.82) is 5.26 Å².